The lowest BCUT2D eigenvalue weighted by Crippen LogP contribution is -2.28. The molecular formula is C15H27NO. The number of furan rings is 1. The highest BCUT2D eigenvalue weighted by Gasteiger charge is 2.23. The number of nitrogens with one attached hydrogen (secondary N) is 1. The second-order valence-electron chi connectivity index (χ2n) is 4.82. The Balaban J connectivity index is 2.80. The van der Waals surface area contributed by atoms with Crippen LogP contribution in [0.2, 0.25) is 0 Å². The minimum atomic E-state index is 0.383. The van der Waals surface area contributed by atoms with Crippen LogP contribution in [0.5, 0.6) is 0 Å². The molecule has 1 N–H and O–H groups in total. The largest absolute Gasteiger partial charge is 0.465 e. The second kappa shape index (κ2) is 7.54. The minimum Gasteiger partial charge on any atom is -0.465 e. The summed E-state index contributed by atoms with van der Waals surface area (Å²) in [6.45, 7) is 9.70. The van der Waals surface area contributed by atoms with E-state index in [9.17, 15) is 0 Å². The Hall–Kier alpha value is -0.760. The summed E-state index contributed by atoms with van der Waals surface area (Å²) in [5.74, 6) is 2.81. The van der Waals surface area contributed by atoms with E-state index in [1.54, 1.807) is 0 Å². The molecule has 0 spiro atoms. The number of hydrogen-bond acceptors (Lipinski definition) is 2. The molecule has 2 heteroatoms. The Bertz CT molecular complexity index is 300. The van der Waals surface area contributed by atoms with E-state index < -0.39 is 0 Å². The molecule has 1 aromatic heterocycles. The van der Waals surface area contributed by atoms with Crippen molar-refractivity contribution < 1.29 is 4.42 Å². The first-order valence-corrected chi connectivity index (χ1v) is 7.02. The van der Waals surface area contributed by atoms with Crippen LogP contribution in [0.3, 0.4) is 0 Å². The predicted octanol–water partition coefficient (Wildman–Crippen LogP) is 4.46. The van der Waals surface area contributed by atoms with E-state index in [-0.39, 0.29) is 0 Å². The van der Waals surface area contributed by atoms with Crippen LogP contribution in [0.25, 0.3) is 0 Å². The van der Waals surface area contributed by atoms with Crippen LogP contribution in [0.15, 0.2) is 16.5 Å². The molecule has 1 aromatic rings. The van der Waals surface area contributed by atoms with Crippen molar-refractivity contribution in [2.75, 3.05) is 6.54 Å². The van der Waals surface area contributed by atoms with Gasteiger partial charge in [-0.1, -0.05) is 33.6 Å². The van der Waals surface area contributed by atoms with Gasteiger partial charge in [0.15, 0.2) is 0 Å². The van der Waals surface area contributed by atoms with Crippen LogP contribution in [-0.2, 0) is 0 Å². The molecule has 0 saturated carbocycles. The third-order valence-electron chi connectivity index (χ3n) is 3.28. The second-order valence-corrected chi connectivity index (χ2v) is 4.82. The maximum absolute atomic E-state index is 5.81. The van der Waals surface area contributed by atoms with E-state index in [1.807, 2.05) is 6.92 Å². The molecule has 0 radical (unpaired) electrons. The van der Waals surface area contributed by atoms with Crippen LogP contribution in [0, 0.1) is 12.8 Å². The van der Waals surface area contributed by atoms with Crippen LogP contribution in [0.1, 0.15) is 64.0 Å². The molecular weight excluding hydrogens is 210 g/mol. The van der Waals surface area contributed by atoms with Crippen molar-refractivity contribution >= 4 is 0 Å². The van der Waals surface area contributed by atoms with Crippen molar-refractivity contribution in [3.05, 3.63) is 23.7 Å². The fourth-order valence-corrected chi connectivity index (χ4v) is 2.56. The first kappa shape index (κ1) is 14.3. The highest BCUT2D eigenvalue weighted by atomic mass is 16.3. The van der Waals surface area contributed by atoms with Crippen molar-refractivity contribution in [3.63, 3.8) is 0 Å². The normalized spacial score (nSPS) is 13.2. The molecule has 0 fully saturated rings. The molecule has 0 aliphatic rings. The van der Waals surface area contributed by atoms with Gasteiger partial charge in [0.1, 0.15) is 11.5 Å². The molecule has 0 aromatic carbocycles. The highest BCUT2D eigenvalue weighted by molar-refractivity contribution is 5.10. The van der Waals surface area contributed by atoms with Crippen LogP contribution < -0.4 is 5.32 Å². The number of rotatable bonds is 8. The first-order chi connectivity index (χ1) is 8.22. The zero-order valence-corrected chi connectivity index (χ0v) is 11.8. The third-order valence-corrected chi connectivity index (χ3v) is 3.28. The maximum atomic E-state index is 5.81. The fourth-order valence-electron chi connectivity index (χ4n) is 2.56. The summed E-state index contributed by atoms with van der Waals surface area (Å²) in [6.07, 6.45) is 5.02. The van der Waals surface area contributed by atoms with Crippen LogP contribution in [0.4, 0.5) is 0 Å². The van der Waals surface area contributed by atoms with Gasteiger partial charge in [-0.3, -0.25) is 0 Å². The zero-order valence-electron chi connectivity index (χ0n) is 11.8. The smallest absolute Gasteiger partial charge is 0.121 e. The summed E-state index contributed by atoms with van der Waals surface area (Å²) in [6, 6.07) is 4.57. The lowest BCUT2D eigenvalue weighted by atomic mass is 9.89. The van der Waals surface area contributed by atoms with E-state index in [0.717, 1.165) is 18.1 Å². The van der Waals surface area contributed by atoms with Crippen molar-refractivity contribution in [3.8, 4) is 0 Å². The molecule has 0 aliphatic carbocycles. The van der Waals surface area contributed by atoms with Gasteiger partial charge < -0.3 is 9.73 Å². The lowest BCUT2D eigenvalue weighted by Gasteiger charge is -2.26. The third kappa shape index (κ3) is 4.19. The molecule has 0 saturated heterocycles. The monoisotopic (exact) mass is 237 g/mol. The van der Waals surface area contributed by atoms with Gasteiger partial charge in [0.25, 0.3) is 0 Å². The Morgan fingerprint density at radius 2 is 1.76 bits per heavy atom. The molecule has 2 nitrogen and oxygen atoms in total. The van der Waals surface area contributed by atoms with E-state index >= 15 is 0 Å². The molecule has 1 heterocycles. The van der Waals surface area contributed by atoms with Gasteiger partial charge >= 0.3 is 0 Å². The molecule has 0 aliphatic heterocycles. The molecule has 98 valence electrons. The first-order valence-electron chi connectivity index (χ1n) is 7.02. The van der Waals surface area contributed by atoms with Gasteiger partial charge in [0.05, 0.1) is 6.04 Å². The van der Waals surface area contributed by atoms with E-state index in [2.05, 4.69) is 38.2 Å². The Labute approximate surface area is 106 Å². The summed E-state index contributed by atoms with van der Waals surface area (Å²) >= 11 is 0. The lowest BCUT2D eigenvalue weighted by molar-refractivity contribution is 0.277. The predicted molar refractivity (Wildman–Crippen MR) is 73.2 cm³/mol. The number of aryl methyl sites for hydroxylation is 1. The Kier molecular flexibility index (Phi) is 6.35. The topological polar surface area (TPSA) is 25.2 Å². The Morgan fingerprint density at radius 3 is 2.18 bits per heavy atom. The molecule has 1 atom stereocenters. The van der Waals surface area contributed by atoms with E-state index in [1.165, 1.54) is 25.7 Å². The quantitative estimate of drug-likeness (QED) is 0.722. The van der Waals surface area contributed by atoms with Crippen molar-refractivity contribution in [2.24, 2.45) is 5.92 Å². The average molecular weight is 237 g/mol. The van der Waals surface area contributed by atoms with Gasteiger partial charge in [-0.2, -0.15) is 0 Å². The average Bonchev–Trinajstić information content (AvgIpc) is 2.72. The fraction of sp³-hybridized carbons (Fsp3) is 0.733. The molecule has 0 amide bonds. The van der Waals surface area contributed by atoms with E-state index in [0.29, 0.717) is 12.0 Å². The van der Waals surface area contributed by atoms with Crippen molar-refractivity contribution in [1.82, 2.24) is 5.32 Å². The number of hydrogen-bond donors (Lipinski definition) is 1. The highest BCUT2D eigenvalue weighted by Crippen LogP contribution is 2.30. The van der Waals surface area contributed by atoms with Crippen molar-refractivity contribution in [1.29, 1.82) is 0 Å². The van der Waals surface area contributed by atoms with Gasteiger partial charge in [0.2, 0.25) is 0 Å². The Morgan fingerprint density at radius 1 is 1.12 bits per heavy atom. The molecule has 0 bridgehead atoms. The van der Waals surface area contributed by atoms with Crippen LogP contribution >= 0.6 is 0 Å². The zero-order chi connectivity index (χ0) is 12.7. The summed E-state index contributed by atoms with van der Waals surface area (Å²) in [5, 5.41) is 3.59. The SMILES string of the molecule is CCCC(CCC)C(NCC)c1ccc(C)o1. The maximum Gasteiger partial charge on any atom is 0.121 e. The molecule has 1 unspecified atom stereocenters. The summed E-state index contributed by atoms with van der Waals surface area (Å²) in [4.78, 5) is 0. The summed E-state index contributed by atoms with van der Waals surface area (Å²) in [7, 11) is 0. The summed E-state index contributed by atoms with van der Waals surface area (Å²) < 4.78 is 5.81. The standard InChI is InChI=1S/C15H27NO/c1-5-8-13(9-6-2)15(16-7-3)14-11-10-12(4)17-14/h10-11,13,15-16H,5-9H2,1-4H3. The van der Waals surface area contributed by atoms with Crippen LogP contribution in [-0.4, -0.2) is 6.54 Å². The van der Waals surface area contributed by atoms with Gasteiger partial charge in [-0.25, -0.2) is 0 Å². The van der Waals surface area contributed by atoms with Crippen molar-refractivity contribution in [2.45, 2.75) is 59.4 Å². The molecule has 1 rings (SSSR count). The van der Waals surface area contributed by atoms with Gasteiger partial charge in [0, 0.05) is 0 Å². The van der Waals surface area contributed by atoms with Gasteiger partial charge in [-0.05, 0) is 44.4 Å². The minimum absolute atomic E-state index is 0.383. The van der Waals surface area contributed by atoms with E-state index in [4.69, 9.17) is 4.42 Å². The molecule has 17 heavy (non-hydrogen) atoms. The van der Waals surface area contributed by atoms with Gasteiger partial charge in [-0.15, -0.1) is 0 Å². The summed E-state index contributed by atoms with van der Waals surface area (Å²) in [5.41, 5.74) is 0.